The van der Waals surface area contributed by atoms with Gasteiger partial charge in [0.05, 0.1) is 0 Å². The molecule has 0 bridgehead atoms. The minimum Gasteiger partial charge on any atom is -0.481 e. The number of hydrogen-bond acceptors (Lipinski definition) is 7. The summed E-state index contributed by atoms with van der Waals surface area (Å²) in [5.74, 6) is -0.767. The number of aliphatic carboxylic acids is 1. The number of benzene rings is 3. The lowest BCUT2D eigenvalue weighted by Gasteiger charge is -2.45. The average molecular weight is 865 g/mol. The second-order valence-corrected chi connectivity index (χ2v) is 19.1. The van der Waals surface area contributed by atoms with Crippen LogP contribution >= 0.6 is 0 Å². The van der Waals surface area contributed by atoms with E-state index in [-0.39, 0.29) is 60.1 Å². The van der Waals surface area contributed by atoms with Crippen LogP contribution in [-0.2, 0) is 32.0 Å². The second-order valence-electron chi connectivity index (χ2n) is 19.1. The van der Waals surface area contributed by atoms with E-state index in [0.29, 0.717) is 25.9 Å². The molecule has 0 spiro atoms. The molecule has 1 aliphatic heterocycles. The summed E-state index contributed by atoms with van der Waals surface area (Å²) in [6, 6.07) is 26.3. The highest BCUT2D eigenvalue weighted by Gasteiger charge is 2.39. The number of carbonyl (C=O) groups excluding carboxylic acids is 3. The molecule has 3 aromatic carbocycles. The summed E-state index contributed by atoms with van der Waals surface area (Å²) >= 11 is 0. The first kappa shape index (κ1) is 49.3. The minimum atomic E-state index is -0.845. The summed E-state index contributed by atoms with van der Waals surface area (Å²) in [5.41, 5.74) is 8.16. The first-order valence-electron chi connectivity index (χ1n) is 23.4. The number of likely N-dealkylation sites (N-methyl/N-ethyl adjacent to an activating group) is 2. The highest BCUT2D eigenvalue weighted by atomic mass is 16.4. The molecule has 3 N–H and O–H groups in total. The molecular formula is C52H76N6O5. The van der Waals surface area contributed by atoms with Crippen molar-refractivity contribution in [3.63, 3.8) is 0 Å². The van der Waals surface area contributed by atoms with Gasteiger partial charge >= 0.3 is 5.97 Å². The fraction of sp³-hybridized carbons (Fsp3) is 0.577. The Balaban J connectivity index is 0.000000260. The molecule has 3 aromatic rings. The maximum absolute atomic E-state index is 12.8. The van der Waals surface area contributed by atoms with E-state index in [2.05, 4.69) is 141 Å². The molecule has 1 saturated heterocycles. The topological polar surface area (TPSA) is 126 Å². The highest BCUT2D eigenvalue weighted by Crippen LogP contribution is 2.37. The van der Waals surface area contributed by atoms with Crippen LogP contribution in [0.1, 0.15) is 111 Å². The van der Waals surface area contributed by atoms with Gasteiger partial charge < -0.3 is 35.3 Å². The maximum Gasteiger partial charge on any atom is 0.303 e. The molecule has 63 heavy (non-hydrogen) atoms. The van der Waals surface area contributed by atoms with E-state index in [1.807, 2.05) is 11.0 Å². The molecule has 0 unspecified atom stereocenters. The van der Waals surface area contributed by atoms with Gasteiger partial charge in [-0.15, -0.1) is 0 Å². The molecule has 11 nitrogen and oxygen atoms in total. The minimum absolute atomic E-state index is 0.00765. The summed E-state index contributed by atoms with van der Waals surface area (Å²) < 4.78 is 0. The molecule has 1 heterocycles. The van der Waals surface area contributed by atoms with Crippen LogP contribution in [0.15, 0.2) is 72.8 Å². The van der Waals surface area contributed by atoms with Gasteiger partial charge in [0.25, 0.3) is 0 Å². The molecule has 0 aromatic heterocycles. The van der Waals surface area contributed by atoms with Gasteiger partial charge in [0.2, 0.25) is 17.7 Å². The zero-order chi connectivity index (χ0) is 45.6. The third-order valence-electron chi connectivity index (χ3n) is 14.4. The van der Waals surface area contributed by atoms with Gasteiger partial charge in [0.15, 0.2) is 0 Å². The third kappa shape index (κ3) is 14.4. The molecule has 0 radical (unpaired) electrons. The number of nitrogens with zero attached hydrogens (tertiary/aromatic N) is 4. The van der Waals surface area contributed by atoms with E-state index < -0.39 is 5.97 Å². The normalized spacial score (nSPS) is 22.6. The quantitative estimate of drug-likeness (QED) is 0.135. The Bertz CT molecular complexity index is 1930. The number of aryl methyl sites for hydroxylation is 2. The number of rotatable bonds is 16. The number of nitrogens with one attached hydrogen (secondary N) is 2. The van der Waals surface area contributed by atoms with Crippen molar-refractivity contribution >= 4 is 29.4 Å². The summed E-state index contributed by atoms with van der Waals surface area (Å²) in [7, 11) is 8.66. The third-order valence-corrected chi connectivity index (χ3v) is 14.4. The van der Waals surface area contributed by atoms with Gasteiger partial charge in [-0.1, -0.05) is 72.3 Å². The Hall–Kier alpha value is -4.74. The van der Waals surface area contributed by atoms with Crippen molar-refractivity contribution in [3.05, 3.63) is 101 Å². The van der Waals surface area contributed by atoms with Crippen LogP contribution in [0.5, 0.6) is 0 Å². The van der Waals surface area contributed by atoms with Crippen molar-refractivity contribution in [2.75, 3.05) is 59.3 Å². The summed E-state index contributed by atoms with van der Waals surface area (Å²) in [5, 5.41) is 15.0. The predicted octanol–water partition coefficient (Wildman–Crippen LogP) is 7.49. The SMILES string of the molecule is CN(C)C1(Cc2ccccc2)CCC(NC(=O)CCCC(=O)O)CC1.Cc1ccc(CC2(N(C)C)CCC(NC(=O)CCC(=O)N3CCN(c4cccc(C)c4C)CC3)CC2)cc1. The van der Waals surface area contributed by atoms with Gasteiger partial charge in [-0.25, -0.2) is 0 Å². The van der Waals surface area contributed by atoms with Crippen molar-refractivity contribution in [1.82, 2.24) is 25.3 Å². The van der Waals surface area contributed by atoms with Gasteiger partial charge in [0.1, 0.15) is 0 Å². The molecule has 3 amide bonds. The van der Waals surface area contributed by atoms with E-state index in [0.717, 1.165) is 77.3 Å². The second kappa shape index (κ2) is 23.3. The van der Waals surface area contributed by atoms with Gasteiger partial charge in [0, 0.05) is 80.7 Å². The Morgan fingerprint density at radius 3 is 1.63 bits per heavy atom. The molecule has 2 saturated carbocycles. The molecule has 2 aliphatic carbocycles. The number of carboxylic acids is 1. The van der Waals surface area contributed by atoms with Gasteiger partial charge in [-0.05, 0) is 148 Å². The summed E-state index contributed by atoms with van der Waals surface area (Å²) in [6.45, 7) is 9.52. The van der Waals surface area contributed by atoms with Crippen molar-refractivity contribution in [3.8, 4) is 0 Å². The standard InChI is InChI=1S/C32H46N4O2.C20H30N2O3/c1-24-9-11-27(12-10-24)23-32(34(4)5)17-15-28(16-18-32)33-30(37)13-14-31(38)36-21-19-35(20-22-36)29-8-6-7-25(2)26(29)3;1-22(2)20(15-16-7-4-3-5-8-16)13-11-17(12-14-20)21-18(23)9-6-10-19(24)25/h6-12,28H,13-23H2,1-5H3,(H,33,37);3-5,7-8,17H,6,9-15H2,1-2H3,(H,21,23)(H,24,25). The van der Waals surface area contributed by atoms with Crippen LogP contribution in [0, 0.1) is 20.8 Å². The first-order chi connectivity index (χ1) is 30.1. The predicted molar refractivity (Wildman–Crippen MR) is 254 cm³/mol. The van der Waals surface area contributed by atoms with Crippen LogP contribution in [0.25, 0.3) is 0 Å². The fourth-order valence-electron chi connectivity index (χ4n) is 9.88. The first-order valence-corrected chi connectivity index (χ1v) is 23.4. The summed E-state index contributed by atoms with van der Waals surface area (Å²) in [6.07, 6.45) is 11.5. The number of amides is 3. The van der Waals surface area contributed by atoms with Crippen LogP contribution in [0.2, 0.25) is 0 Å². The van der Waals surface area contributed by atoms with Crippen LogP contribution < -0.4 is 15.5 Å². The number of piperazine rings is 1. The van der Waals surface area contributed by atoms with Crippen molar-refractivity contribution in [1.29, 1.82) is 0 Å². The molecular weight excluding hydrogens is 789 g/mol. The molecule has 344 valence electrons. The maximum atomic E-state index is 12.8. The number of hydrogen-bond donors (Lipinski definition) is 3. The smallest absolute Gasteiger partial charge is 0.303 e. The number of carbonyl (C=O) groups is 4. The molecule has 6 rings (SSSR count). The average Bonchev–Trinajstić information content (AvgIpc) is 3.26. The Labute approximate surface area is 378 Å². The van der Waals surface area contributed by atoms with Crippen molar-refractivity contribution < 1.29 is 24.3 Å². The molecule has 11 heteroatoms. The summed E-state index contributed by atoms with van der Waals surface area (Å²) in [4.78, 5) is 57.1. The van der Waals surface area contributed by atoms with Crippen LogP contribution in [0.4, 0.5) is 5.69 Å². The lowest BCUT2D eigenvalue weighted by molar-refractivity contribution is -0.137. The highest BCUT2D eigenvalue weighted by molar-refractivity contribution is 5.84. The van der Waals surface area contributed by atoms with E-state index in [1.165, 1.54) is 33.5 Å². The Morgan fingerprint density at radius 2 is 1.13 bits per heavy atom. The molecule has 0 atom stereocenters. The monoisotopic (exact) mass is 865 g/mol. The van der Waals surface area contributed by atoms with Crippen LogP contribution in [-0.4, -0.2) is 121 Å². The van der Waals surface area contributed by atoms with Crippen LogP contribution in [0.3, 0.4) is 0 Å². The molecule has 3 fully saturated rings. The molecule has 3 aliphatic rings. The zero-order valence-corrected chi connectivity index (χ0v) is 39.4. The lowest BCUT2D eigenvalue weighted by Crippen LogP contribution is -2.52. The zero-order valence-electron chi connectivity index (χ0n) is 39.4. The van der Waals surface area contributed by atoms with Crippen molar-refractivity contribution in [2.45, 2.75) is 140 Å². The van der Waals surface area contributed by atoms with E-state index >= 15 is 0 Å². The van der Waals surface area contributed by atoms with Gasteiger partial charge in [-0.3, -0.25) is 19.2 Å². The Morgan fingerprint density at radius 1 is 0.619 bits per heavy atom. The largest absolute Gasteiger partial charge is 0.481 e. The number of carboxylic acid groups (broad SMARTS) is 1. The fourth-order valence-corrected chi connectivity index (χ4v) is 9.88. The van der Waals surface area contributed by atoms with E-state index in [9.17, 15) is 19.2 Å². The van der Waals surface area contributed by atoms with Crippen molar-refractivity contribution in [2.24, 2.45) is 0 Å². The number of anilines is 1. The van der Waals surface area contributed by atoms with E-state index in [4.69, 9.17) is 5.11 Å². The van der Waals surface area contributed by atoms with Gasteiger partial charge in [-0.2, -0.15) is 0 Å². The lowest BCUT2D eigenvalue weighted by atomic mass is 9.74. The van der Waals surface area contributed by atoms with E-state index in [1.54, 1.807) is 0 Å². The Kier molecular flexibility index (Phi) is 18.2.